The van der Waals surface area contributed by atoms with Gasteiger partial charge in [-0.05, 0) is 43.9 Å². The Morgan fingerprint density at radius 1 is 1.50 bits per heavy atom. The average molecular weight is 288 g/mol. The van der Waals surface area contributed by atoms with Gasteiger partial charge < -0.3 is 10.5 Å². The van der Waals surface area contributed by atoms with E-state index in [-0.39, 0.29) is 0 Å². The second kappa shape index (κ2) is 6.55. The van der Waals surface area contributed by atoms with Crippen molar-refractivity contribution in [2.24, 2.45) is 0 Å². The molecule has 0 aromatic heterocycles. The van der Waals surface area contributed by atoms with Crippen molar-refractivity contribution >= 4 is 28.1 Å². The largest absolute Gasteiger partial charge is 0.399 e. The Morgan fingerprint density at radius 3 is 3.06 bits per heavy atom. The normalized spacial score (nSPS) is 21.1. The summed E-state index contributed by atoms with van der Waals surface area (Å²) < 4.78 is 17.7. The van der Waals surface area contributed by atoms with Crippen LogP contribution in [0.15, 0.2) is 23.1 Å². The molecule has 0 bridgehead atoms. The summed E-state index contributed by atoms with van der Waals surface area (Å²) in [7, 11) is -1.07. The smallest absolute Gasteiger partial charge is 0.0594 e. The van der Waals surface area contributed by atoms with Crippen molar-refractivity contribution in [3.8, 4) is 0 Å². The van der Waals surface area contributed by atoms with Gasteiger partial charge in [-0.25, -0.2) is 0 Å². The SMILES string of the molecule is Nc1ccc(Cl)c(S(=O)CCCC2CCCO2)c1. The fraction of sp³-hybridized carbons (Fsp3) is 0.538. The summed E-state index contributed by atoms with van der Waals surface area (Å²) in [5.74, 6) is 0.614. The van der Waals surface area contributed by atoms with Crippen LogP contribution in [0.4, 0.5) is 5.69 Å². The third-order valence-electron chi connectivity index (χ3n) is 3.08. The van der Waals surface area contributed by atoms with Crippen LogP contribution in [0.5, 0.6) is 0 Å². The second-order valence-corrected chi connectivity index (χ2v) is 6.46. The molecular formula is C13H18ClNO2S. The van der Waals surface area contributed by atoms with E-state index in [1.807, 2.05) is 0 Å². The first-order valence-electron chi connectivity index (χ1n) is 6.22. The van der Waals surface area contributed by atoms with Gasteiger partial charge in [0.25, 0.3) is 0 Å². The highest BCUT2D eigenvalue weighted by atomic mass is 35.5. The lowest BCUT2D eigenvalue weighted by atomic mass is 10.1. The van der Waals surface area contributed by atoms with Crippen molar-refractivity contribution in [3.63, 3.8) is 0 Å². The molecule has 1 saturated heterocycles. The highest BCUT2D eigenvalue weighted by molar-refractivity contribution is 7.85. The van der Waals surface area contributed by atoms with Crippen molar-refractivity contribution in [1.82, 2.24) is 0 Å². The molecule has 1 aromatic rings. The van der Waals surface area contributed by atoms with E-state index in [2.05, 4.69) is 0 Å². The molecule has 0 spiro atoms. The van der Waals surface area contributed by atoms with Gasteiger partial charge in [0.1, 0.15) is 0 Å². The van der Waals surface area contributed by atoms with Gasteiger partial charge >= 0.3 is 0 Å². The van der Waals surface area contributed by atoms with Gasteiger partial charge in [-0.2, -0.15) is 0 Å². The molecule has 2 rings (SSSR count). The van der Waals surface area contributed by atoms with Crippen LogP contribution in [0.2, 0.25) is 5.02 Å². The summed E-state index contributed by atoms with van der Waals surface area (Å²) >= 11 is 6.02. The lowest BCUT2D eigenvalue weighted by molar-refractivity contribution is 0.104. The fourth-order valence-electron chi connectivity index (χ4n) is 2.12. The fourth-order valence-corrected chi connectivity index (χ4v) is 3.70. The Labute approximate surface area is 115 Å². The maximum atomic E-state index is 12.1. The van der Waals surface area contributed by atoms with Gasteiger partial charge in [0, 0.05) is 18.0 Å². The van der Waals surface area contributed by atoms with Crippen molar-refractivity contribution < 1.29 is 8.95 Å². The second-order valence-electron chi connectivity index (χ2n) is 4.52. The number of hydrogen-bond donors (Lipinski definition) is 1. The number of ether oxygens (including phenoxy) is 1. The lowest BCUT2D eigenvalue weighted by Crippen LogP contribution is -2.08. The maximum absolute atomic E-state index is 12.1. The molecule has 0 radical (unpaired) electrons. The summed E-state index contributed by atoms with van der Waals surface area (Å²) in [6, 6.07) is 5.12. The minimum absolute atomic E-state index is 0.360. The van der Waals surface area contributed by atoms with Gasteiger partial charge in [0.2, 0.25) is 0 Å². The molecule has 1 aromatic carbocycles. The number of nitrogen functional groups attached to an aromatic ring is 1. The molecule has 1 fully saturated rings. The van der Waals surface area contributed by atoms with Gasteiger partial charge in [-0.15, -0.1) is 0 Å². The maximum Gasteiger partial charge on any atom is 0.0594 e. The Morgan fingerprint density at radius 2 is 2.33 bits per heavy atom. The van der Waals surface area contributed by atoms with E-state index in [0.717, 1.165) is 32.3 Å². The zero-order valence-electron chi connectivity index (χ0n) is 10.2. The van der Waals surface area contributed by atoms with Crippen LogP contribution in [-0.4, -0.2) is 22.7 Å². The van der Waals surface area contributed by atoms with E-state index in [0.29, 0.717) is 27.5 Å². The molecule has 2 N–H and O–H groups in total. The molecule has 0 aliphatic carbocycles. The van der Waals surface area contributed by atoms with Gasteiger partial charge in [0.05, 0.1) is 26.8 Å². The van der Waals surface area contributed by atoms with E-state index in [9.17, 15) is 4.21 Å². The van der Waals surface area contributed by atoms with Crippen LogP contribution in [0.1, 0.15) is 25.7 Å². The zero-order chi connectivity index (χ0) is 13.0. The minimum Gasteiger partial charge on any atom is -0.399 e. The number of nitrogens with two attached hydrogens (primary N) is 1. The third-order valence-corrected chi connectivity index (χ3v) is 5.01. The molecule has 5 heteroatoms. The summed E-state index contributed by atoms with van der Waals surface area (Å²) in [5.41, 5.74) is 6.28. The first kappa shape index (κ1) is 13.8. The topological polar surface area (TPSA) is 52.3 Å². The van der Waals surface area contributed by atoms with Crippen LogP contribution in [0.25, 0.3) is 0 Å². The number of anilines is 1. The molecule has 100 valence electrons. The molecule has 2 atom stereocenters. The van der Waals surface area contributed by atoms with E-state index in [1.54, 1.807) is 18.2 Å². The van der Waals surface area contributed by atoms with Gasteiger partial charge in [0.15, 0.2) is 0 Å². The summed E-state index contributed by atoms with van der Waals surface area (Å²) in [4.78, 5) is 0.643. The van der Waals surface area contributed by atoms with Crippen molar-refractivity contribution in [2.45, 2.75) is 36.7 Å². The summed E-state index contributed by atoms with van der Waals surface area (Å²) in [6.45, 7) is 0.870. The van der Waals surface area contributed by atoms with Crippen molar-refractivity contribution in [1.29, 1.82) is 0 Å². The summed E-state index contributed by atoms with van der Waals surface area (Å²) in [6.07, 6.45) is 4.51. The number of halogens is 1. The monoisotopic (exact) mass is 287 g/mol. The van der Waals surface area contributed by atoms with E-state index < -0.39 is 10.8 Å². The Balaban J connectivity index is 1.85. The predicted molar refractivity (Wildman–Crippen MR) is 75.3 cm³/mol. The Bertz CT molecular complexity index is 433. The molecule has 1 aliphatic heterocycles. The minimum atomic E-state index is -1.07. The molecular weight excluding hydrogens is 270 g/mol. The van der Waals surface area contributed by atoms with E-state index >= 15 is 0 Å². The van der Waals surface area contributed by atoms with E-state index in [1.165, 1.54) is 0 Å². The van der Waals surface area contributed by atoms with Crippen LogP contribution < -0.4 is 5.73 Å². The molecule has 0 saturated carbocycles. The van der Waals surface area contributed by atoms with Gasteiger partial charge in [-0.3, -0.25) is 4.21 Å². The van der Waals surface area contributed by atoms with Crippen LogP contribution >= 0.6 is 11.6 Å². The molecule has 3 nitrogen and oxygen atoms in total. The first-order chi connectivity index (χ1) is 8.66. The van der Waals surface area contributed by atoms with Crippen LogP contribution in [-0.2, 0) is 15.5 Å². The molecule has 18 heavy (non-hydrogen) atoms. The van der Waals surface area contributed by atoms with Crippen molar-refractivity contribution in [2.75, 3.05) is 18.1 Å². The van der Waals surface area contributed by atoms with Crippen LogP contribution in [0, 0.1) is 0 Å². The number of benzene rings is 1. The first-order valence-corrected chi connectivity index (χ1v) is 7.91. The zero-order valence-corrected chi connectivity index (χ0v) is 11.8. The van der Waals surface area contributed by atoms with E-state index in [4.69, 9.17) is 22.1 Å². The molecule has 1 aliphatic rings. The Hall–Kier alpha value is -0.580. The standard InChI is InChI=1S/C13H18ClNO2S/c14-12-6-5-10(15)9-13(12)18(16)8-2-4-11-3-1-7-17-11/h5-6,9,11H,1-4,7-8,15H2. The predicted octanol–water partition coefficient (Wildman–Crippen LogP) is 2.99. The lowest BCUT2D eigenvalue weighted by Gasteiger charge is -2.09. The third kappa shape index (κ3) is 3.70. The molecule has 0 amide bonds. The molecule has 2 unspecified atom stereocenters. The summed E-state index contributed by atoms with van der Waals surface area (Å²) in [5, 5.41) is 0.527. The number of hydrogen-bond acceptors (Lipinski definition) is 3. The quantitative estimate of drug-likeness (QED) is 0.847. The van der Waals surface area contributed by atoms with Crippen LogP contribution in [0.3, 0.4) is 0 Å². The Kier molecular flexibility index (Phi) is 5.03. The van der Waals surface area contributed by atoms with Gasteiger partial charge in [-0.1, -0.05) is 11.6 Å². The highest BCUT2D eigenvalue weighted by Crippen LogP contribution is 2.24. The molecule has 1 heterocycles. The highest BCUT2D eigenvalue weighted by Gasteiger charge is 2.16. The average Bonchev–Trinajstić information content (AvgIpc) is 2.85. The van der Waals surface area contributed by atoms with Crippen molar-refractivity contribution in [3.05, 3.63) is 23.2 Å². The number of rotatable bonds is 5.